The van der Waals surface area contributed by atoms with E-state index in [0.29, 0.717) is 12.6 Å². The molecule has 3 aromatic rings. The van der Waals surface area contributed by atoms with Crippen LogP contribution in [0.3, 0.4) is 0 Å². The minimum atomic E-state index is -0.916. The smallest absolute Gasteiger partial charge is 0.335 e. The Balaban J connectivity index is 1.53. The molecular weight excluding hydrogens is 398 g/mol. The average molecular weight is 428 g/mol. The fourth-order valence-electron chi connectivity index (χ4n) is 3.34. The number of carbonyl (C=O) groups is 1. The van der Waals surface area contributed by atoms with Gasteiger partial charge in [0.15, 0.2) is 0 Å². The Labute approximate surface area is 190 Å². The number of hydrogen-bond donors (Lipinski definition) is 1. The van der Waals surface area contributed by atoms with Crippen molar-refractivity contribution in [3.63, 3.8) is 0 Å². The van der Waals surface area contributed by atoms with Gasteiger partial charge in [-0.1, -0.05) is 54.5 Å². The molecule has 0 bridgehead atoms. The van der Waals surface area contributed by atoms with Crippen LogP contribution in [0.1, 0.15) is 35.3 Å². The molecule has 32 heavy (non-hydrogen) atoms. The van der Waals surface area contributed by atoms with Crippen molar-refractivity contribution in [2.45, 2.75) is 32.9 Å². The maximum absolute atomic E-state index is 11.0. The molecule has 0 saturated heterocycles. The van der Waals surface area contributed by atoms with Crippen LogP contribution in [-0.2, 0) is 13.0 Å². The Hall–Kier alpha value is -3.55. The van der Waals surface area contributed by atoms with Gasteiger partial charge >= 0.3 is 5.97 Å². The number of carboxylic acids is 1. The molecule has 0 saturated carbocycles. The SMILES string of the molecule is CC#CCN(C)[C@H](C)Cc1ccc(OCc2ccc(-c3ccc(C(=O)O)cc3)cc2)cc1. The van der Waals surface area contributed by atoms with Crippen LogP contribution in [0, 0.1) is 11.8 Å². The second-order valence-corrected chi connectivity index (χ2v) is 7.91. The quantitative estimate of drug-likeness (QED) is 0.457. The molecule has 164 valence electrons. The van der Waals surface area contributed by atoms with Crippen molar-refractivity contribution in [2.24, 2.45) is 0 Å². The van der Waals surface area contributed by atoms with Gasteiger partial charge in [-0.3, -0.25) is 4.90 Å². The molecule has 4 heteroatoms. The van der Waals surface area contributed by atoms with Gasteiger partial charge in [-0.05, 0) is 73.8 Å². The number of ether oxygens (including phenoxy) is 1. The van der Waals surface area contributed by atoms with E-state index in [1.165, 1.54) is 5.56 Å². The molecule has 0 heterocycles. The van der Waals surface area contributed by atoms with E-state index in [4.69, 9.17) is 9.84 Å². The van der Waals surface area contributed by atoms with Gasteiger partial charge in [0.1, 0.15) is 12.4 Å². The summed E-state index contributed by atoms with van der Waals surface area (Å²) in [5.74, 6) is 5.98. The van der Waals surface area contributed by atoms with Gasteiger partial charge in [0, 0.05) is 6.04 Å². The molecule has 0 aliphatic carbocycles. The third kappa shape index (κ3) is 6.47. The van der Waals surface area contributed by atoms with E-state index in [9.17, 15) is 4.79 Å². The van der Waals surface area contributed by atoms with Crippen LogP contribution in [0.5, 0.6) is 5.75 Å². The molecule has 0 aliphatic heterocycles. The largest absolute Gasteiger partial charge is 0.489 e. The van der Waals surface area contributed by atoms with Crippen molar-refractivity contribution in [2.75, 3.05) is 13.6 Å². The Morgan fingerprint density at radius 3 is 2.06 bits per heavy atom. The first-order valence-corrected chi connectivity index (χ1v) is 10.7. The monoisotopic (exact) mass is 427 g/mol. The number of aromatic carboxylic acids is 1. The molecule has 0 aliphatic rings. The highest BCUT2D eigenvalue weighted by Crippen LogP contribution is 2.22. The summed E-state index contributed by atoms with van der Waals surface area (Å²) >= 11 is 0. The van der Waals surface area contributed by atoms with Crippen molar-refractivity contribution in [3.05, 3.63) is 89.5 Å². The highest BCUT2D eigenvalue weighted by molar-refractivity contribution is 5.88. The van der Waals surface area contributed by atoms with Crippen LogP contribution in [0.25, 0.3) is 11.1 Å². The summed E-state index contributed by atoms with van der Waals surface area (Å²) in [6, 6.07) is 23.7. The van der Waals surface area contributed by atoms with Crippen LogP contribution in [0.15, 0.2) is 72.8 Å². The average Bonchev–Trinajstić information content (AvgIpc) is 2.82. The number of hydrogen-bond acceptors (Lipinski definition) is 3. The first kappa shape index (κ1) is 23.1. The van der Waals surface area contributed by atoms with Gasteiger partial charge in [-0.2, -0.15) is 0 Å². The zero-order valence-corrected chi connectivity index (χ0v) is 18.8. The zero-order valence-electron chi connectivity index (χ0n) is 18.8. The topological polar surface area (TPSA) is 49.8 Å². The van der Waals surface area contributed by atoms with Gasteiger partial charge in [0.2, 0.25) is 0 Å². The second-order valence-electron chi connectivity index (χ2n) is 7.91. The van der Waals surface area contributed by atoms with E-state index in [1.807, 2.05) is 55.5 Å². The number of likely N-dealkylation sites (N-methyl/N-ethyl adjacent to an activating group) is 1. The lowest BCUT2D eigenvalue weighted by Crippen LogP contribution is -2.31. The van der Waals surface area contributed by atoms with Gasteiger partial charge < -0.3 is 9.84 Å². The molecular formula is C28H29NO3. The molecule has 0 unspecified atom stereocenters. The first-order valence-electron chi connectivity index (χ1n) is 10.7. The van der Waals surface area contributed by atoms with Crippen molar-refractivity contribution in [1.29, 1.82) is 0 Å². The highest BCUT2D eigenvalue weighted by atomic mass is 16.5. The Morgan fingerprint density at radius 2 is 1.50 bits per heavy atom. The molecule has 3 rings (SSSR count). The summed E-state index contributed by atoms with van der Waals surface area (Å²) in [6.07, 6.45) is 0.969. The van der Waals surface area contributed by atoms with Gasteiger partial charge in [0.05, 0.1) is 12.1 Å². The van der Waals surface area contributed by atoms with Crippen LogP contribution < -0.4 is 4.74 Å². The molecule has 0 aromatic heterocycles. The lowest BCUT2D eigenvalue weighted by Gasteiger charge is -2.22. The predicted octanol–water partition coefficient (Wildman–Crippen LogP) is 5.52. The third-order valence-electron chi connectivity index (χ3n) is 5.54. The molecule has 1 N–H and O–H groups in total. The minimum absolute atomic E-state index is 0.289. The van der Waals surface area contributed by atoms with Crippen LogP contribution in [-0.4, -0.2) is 35.6 Å². The molecule has 1 atom stereocenters. The summed E-state index contributed by atoms with van der Waals surface area (Å²) in [7, 11) is 2.10. The summed E-state index contributed by atoms with van der Waals surface area (Å²) in [6.45, 7) is 5.36. The molecule has 0 fully saturated rings. The fourth-order valence-corrected chi connectivity index (χ4v) is 3.34. The summed E-state index contributed by atoms with van der Waals surface area (Å²) in [4.78, 5) is 13.2. The van der Waals surface area contributed by atoms with Crippen molar-refractivity contribution in [1.82, 2.24) is 4.90 Å². The van der Waals surface area contributed by atoms with E-state index < -0.39 is 5.97 Å². The Bertz CT molecular complexity index is 1070. The summed E-state index contributed by atoms with van der Waals surface area (Å²) in [5.41, 5.74) is 4.67. The van der Waals surface area contributed by atoms with E-state index in [-0.39, 0.29) is 5.56 Å². The highest BCUT2D eigenvalue weighted by Gasteiger charge is 2.09. The van der Waals surface area contributed by atoms with Crippen LogP contribution >= 0.6 is 0 Å². The van der Waals surface area contributed by atoms with E-state index in [1.54, 1.807) is 12.1 Å². The Morgan fingerprint density at radius 1 is 0.938 bits per heavy atom. The van der Waals surface area contributed by atoms with E-state index in [2.05, 4.69) is 42.8 Å². The third-order valence-corrected chi connectivity index (χ3v) is 5.54. The normalized spacial score (nSPS) is 11.5. The van der Waals surface area contributed by atoms with Gasteiger partial charge in [0.25, 0.3) is 0 Å². The predicted molar refractivity (Wildman–Crippen MR) is 129 cm³/mol. The maximum Gasteiger partial charge on any atom is 0.335 e. The molecule has 0 radical (unpaired) electrons. The van der Waals surface area contributed by atoms with Crippen molar-refractivity contribution < 1.29 is 14.6 Å². The van der Waals surface area contributed by atoms with E-state index in [0.717, 1.165) is 35.4 Å². The summed E-state index contributed by atoms with van der Waals surface area (Å²) < 4.78 is 5.95. The van der Waals surface area contributed by atoms with E-state index >= 15 is 0 Å². The first-order chi connectivity index (χ1) is 15.5. The number of nitrogens with zero attached hydrogens (tertiary/aromatic N) is 1. The fraction of sp³-hybridized carbons (Fsp3) is 0.250. The lowest BCUT2D eigenvalue weighted by atomic mass is 10.0. The van der Waals surface area contributed by atoms with Gasteiger partial charge in [-0.25, -0.2) is 4.79 Å². The van der Waals surface area contributed by atoms with Crippen LogP contribution in [0.4, 0.5) is 0 Å². The van der Waals surface area contributed by atoms with Gasteiger partial charge in [-0.15, -0.1) is 5.92 Å². The minimum Gasteiger partial charge on any atom is -0.489 e. The molecule has 4 nitrogen and oxygen atoms in total. The number of rotatable bonds is 9. The summed E-state index contributed by atoms with van der Waals surface area (Å²) in [5, 5.41) is 9.02. The number of carboxylic acid groups (broad SMARTS) is 1. The number of benzene rings is 3. The standard InChI is InChI=1S/C28H29NO3/c1-4-5-18-29(3)21(2)19-22-8-16-27(17-9-22)32-20-23-6-10-24(11-7-23)25-12-14-26(15-13-25)28(30)31/h6-17,21H,18-20H2,1-3H3,(H,30,31)/t21-/m1/s1. The Kier molecular flexibility index (Phi) is 8.08. The maximum atomic E-state index is 11.0. The molecule has 3 aromatic carbocycles. The zero-order chi connectivity index (χ0) is 22.9. The van der Waals surface area contributed by atoms with Crippen LogP contribution in [0.2, 0.25) is 0 Å². The second kappa shape index (κ2) is 11.2. The molecule has 0 amide bonds. The van der Waals surface area contributed by atoms with Crippen molar-refractivity contribution >= 4 is 5.97 Å². The van der Waals surface area contributed by atoms with Crippen molar-refractivity contribution in [3.8, 4) is 28.7 Å². The lowest BCUT2D eigenvalue weighted by molar-refractivity contribution is 0.0697. The molecule has 0 spiro atoms.